The predicted molar refractivity (Wildman–Crippen MR) is 106 cm³/mol. The van der Waals surface area contributed by atoms with E-state index in [9.17, 15) is 9.18 Å². The van der Waals surface area contributed by atoms with Crippen molar-refractivity contribution in [3.63, 3.8) is 0 Å². The number of nitrogens with one attached hydrogen (secondary N) is 1. The van der Waals surface area contributed by atoms with Crippen molar-refractivity contribution < 1.29 is 9.18 Å². The molecule has 1 saturated heterocycles. The maximum atomic E-state index is 13.9. The molecule has 0 bridgehead atoms. The lowest BCUT2D eigenvalue weighted by atomic mass is 9.96. The SMILES string of the molecule is O=C(NCC1(c2ccc(Cl)cc2)CC1)N1CCN(c2ccccc2F)CC1. The topological polar surface area (TPSA) is 35.6 Å². The normalized spacial score (nSPS) is 18.3. The van der Waals surface area contributed by atoms with Crippen molar-refractivity contribution in [1.82, 2.24) is 10.2 Å². The molecule has 1 saturated carbocycles. The molecule has 2 aromatic rings. The van der Waals surface area contributed by atoms with Gasteiger partial charge in [0.2, 0.25) is 0 Å². The van der Waals surface area contributed by atoms with Gasteiger partial charge in [0, 0.05) is 43.2 Å². The number of carbonyl (C=O) groups is 1. The van der Waals surface area contributed by atoms with Gasteiger partial charge in [0.05, 0.1) is 5.69 Å². The Morgan fingerprint density at radius 3 is 2.33 bits per heavy atom. The van der Waals surface area contributed by atoms with Crippen LogP contribution in [0.4, 0.5) is 14.9 Å². The van der Waals surface area contributed by atoms with Gasteiger partial charge < -0.3 is 15.1 Å². The molecule has 2 aromatic carbocycles. The molecule has 1 heterocycles. The average molecular weight is 388 g/mol. The maximum absolute atomic E-state index is 13.9. The van der Waals surface area contributed by atoms with Crippen LogP contribution in [-0.4, -0.2) is 43.7 Å². The van der Waals surface area contributed by atoms with Crippen LogP contribution in [0.25, 0.3) is 0 Å². The van der Waals surface area contributed by atoms with Crippen LogP contribution in [0.2, 0.25) is 5.02 Å². The second-order valence-corrected chi connectivity index (χ2v) is 7.81. The Hall–Kier alpha value is -2.27. The molecule has 0 atom stereocenters. The summed E-state index contributed by atoms with van der Waals surface area (Å²) in [5.74, 6) is -0.214. The molecular weight excluding hydrogens is 365 g/mol. The van der Waals surface area contributed by atoms with Crippen LogP contribution in [-0.2, 0) is 5.41 Å². The molecule has 1 aliphatic carbocycles. The minimum atomic E-state index is -0.214. The quantitative estimate of drug-likeness (QED) is 0.859. The molecule has 4 nitrogen and oxygen atoms in total. The highest BCUT2D eigenvalue weighted by atomic mass is 35.5. The lowest BCUT2D eigenvalue weighted by molar-refractivity contribution is 0.193. The molecule has 0 aromatic heterocycles. The Bertz CT molecular complexity index is 814. The maximum Gasteiger partial charge on any atom is 0.317 e. The largest absolute Gasteiger partial charge is 0.366 e. The first-order chi connectivity index (χ1) is 13.1. The van der Waals surface area contributed by atoms with Gasteiger partial charge in [-0.2, -0.15) is 0 Å². The molecule has 2 fully saturated rings. The van der Waals surface area contributed by atoms with Gasteiger partial charge in [-0.1, -0.05) is 35.9 Å². The molecule has 1 aliphatic heterocycles. The molecule has 1 N–H and O–H groups in total. The summed E-state index contributed by atoms with van der Waals surface area (Å²) < 4.78 is 13.9. The number of halogens is 2. The molecule has 142 valence electrons. The van der Waals surface area contributed by atoms with E-state index in [1.54, 1.807) is 12.1 Å². The standard InChI is InChI=1S/C21H23ClFN3O/c22-17-7-5-16(6-8-17)21(9-10-21)15-24-20(27)26-13-11-25(12-14-26)19-4-2-1-3-18(19)23/h1-8H,9-15H2,(H,24,27). The lowest BCUT2D eigenvalue weighted by Gasteiger charge is -2.36. The minimum absolute atomic E-state index is 0.0385. The third-order valence-corrected chi connectivity index (χ3v) is 5.90. The van der Waals surface area contributed by atoms with Crippen LogP contribution < -0.4 is 10.2 Å². The lowest BCUT2D eigenvalue weighted by Crippen LogP contribution is -2.52. The fraction of sp³-hybridized carbons (Fsp3) is 0.381. The van der Waals surface area contributed by atoms with Gasteiger partial charge in [0.1, 0.15) is 5.82 Å². The molecular formula is C21H23ClFN3O. The first kappa shape index (κ1) is 18.1. The van der Waals surface area contributed by atoms with E-state index in [-0.39, 0.29) is 17.3 Å². The highest BCUT2D eigenvalue weighted by molar-refractivity contribution is 6.30. The number of rotatable bonds is 4. The summed E-state index contributed by atoms with van der Waals surface area (Å²) in [5.41, 5.74) is 1.89. The van der Waals surface area contributed by atoms with E-state index in [1.807, 2.05) is 28.0 Å². The van der Waals surface area contributed by atoms with E-state index < -0.39 is 0 Å². The van der Waals surface area contributed by atoms with Crippen molar-refractivity contribution >= 4 is 23.3 Å². The van der Waals surface area contributed by atoms with Gasteiger partial charge in [-0.3, -0.25) is 0 Å². The molecule has 2 amide bonds. The fourth-order valence-corrected chi connectivity index (χ4v) is 3.86. The Kier molecular flexibility index (Phi) is 4.96. The van der Waals surface area contributed by atoms with Crippen LogP contribution in [0.3, 0.4) is 0 Å². The predicted octanol–water partition coefficient (Wildman–Crippen LogP) is 4.04. The Labute approximate surface area is 163 Å². The highest BCUT2D eigenvalue weighted by Gasteiger charge is 2.44. The number of urea groups is 1. The smallest absolute Gasteiger partial charge is 0.317 e. The third kappa shape index (κ3) is 3.88. The first-order valence-corrected chi connectivity index (χ1v) is 9.74. The number of para-hydroxylation sites is 1. The van der Waals surface area contributed by atoms with E-state index >= 15 is 0 Å². The van der Waals surface area contributed by atoms with Gasteiger partial charge in [-0.15, -0.1) is 0 Å². The number of nitrogens with zero attached hydrogens (tertiary/aromatic N) is 2. The number of anilines is 1. The van der Waals surface area contributed by atoms with Gasteiger partial charge in [0.25, 0.3) is 0 Å². The van der Waals surface area contributed by atoms with Gasteiger partial charge in [-0.05, 0) is 42.7 Å². The Morgan fingerprint density at radius 1 is 1.04 bits per heavy atom. The number of benzene rings is 2. The number of carbonyl (C=O) groups excluding carboxylic acids is 1. The number of hydrogen-bond donors (Lipinski definition) is 1. The van der Waals surface area contributed by atoms with Gasteiger partial charge in [-0.25, -0.2) is 9.18 Å². The zero-order valence-electron chi connectivity index (χ0n) is 15.1. The summed E-state index contributed by atoms with van der Waals surface area (Å²) in [4.78, 5) is 16.4. The van der Waals surface area contributed by atoms with Crippen LogP contribution in [0.1, 0.15) is 18.4 Å². The van der Waals surface area contributed by atoms with E-state index in [2.05, 4.69) is 17.4 Å². The zero-order chi connectivity index (χ0) is 18.9. The second-order valence-electron chi connectivity index (χ2n) is 7.37. The van der Waals surface area contributed by atoms with Crippen LogP contribution in [0.5, 0.6) is 0 Å². The third-order valence-electron chi connectivity index (χ3n) is 5.65. The van der Waals surface area contributed by atoms with E-state index in [0.717, 1.165) is 17.9 Å². The van der Waals surface area contributed by atoms with Crippen molar-refractivity contribution in [3.05, 3.63) is 64.9 Å². The minimum Gasteiger partial charge on any atom is -0.366 e. The highest BCUT2D eigenvalue weighted by Crippen LogP contribution is 2.47. The number of piperazine rings is 1. The van der Waals surface area contributed by atoms with Crippen molar-refractivity contribution in [2.45, 2.75) is 18.3 Å². The summed E-state index contributed by atoms with van der Waals surface area (Å²) in [7, 11) is 0. The fourth-order valence-electron chi connectivity index (χ4n) is 3.74. The summed E-state index contributed by atoms with van der Waals surface area (Å²) >= 11 is 5.97. The van der Waals surface area contributed by atoms with Crippen molar-refractivity contribution in [1.29, 1.82) is 0 Å². The molecule has 27 heavy (non-hydrogen) atoms. The van der Waals surface area contributed by atoms with E-state index in [1.165, 1.54) is 11.6 Å². The summed E-state index contributed by atoms with van der Waals surface area (Å²) in [6, 6.07) is 14.7. The summed E-state index contributed by atoms with van der Waals surface area (Å²) in [6.07, 6.45) is 2.16. The van der Waals surface area contributed by atoms with Crippen molar-refractivity contribution in [3.8, 4) is 0 Å². The second kappa shape index (κ2) is 7.39. The number of hydrogen-bond acceptors (Lipinski definition) is 2. The van der Waals surface area contributed by atoms with E-state index in [0.29, 0.717) is 38.4 Å². The summed E-state index contributed by atoms with van der Waals surface area (Å²) in [5, 5.41) is 3.82. The van der Waals surface area contributed by atoms with Gasteiger partial charge >= 0.3 is 6.03 Å². The monoisotopic (exact) mass is 387 g/mol. The Balaban J connectivity index is 1.30. The van der Waals surface area contributed by atoms with Crippen molar-refractivity contribution in [2.75, 3.05) is 37.6 Å². The van der Waals surface area contributed by atoms with Crippen LogP contribution in [0.15, 0.2) is 48.5 Å². The molecule has 4 rings (SSSR count). The molecule has 0 spiro atoms. The molecule has 6 heteroatoms. The van der Waals surface area contributed by atoms with E-state index in [4.69, 9.17) is 11.6 Å². The number of amides is 2. The molecule has 2 aliphatic rings. The first-order valence-electron chi connectivity index (χ1n) is 9.36. The average Bonchev–Trinajstić information content (AvgIpc) is 3.48. The molecule has 0 unspecified atom stereocenters. The van der Waals surface area contributed by atoms with Crippen LogP contribution in [0, 0.1) is 5.82 Å². The zero-order valence-corrected chi connectivity index (χ0v) is 15.9. The van der Waals surface area contributed by atoms with Crippen LogP contribution >= 0.6 is 11.6 Å². The summed E-state index contributed by atoms with van der Waals surface area (Å²) in [6.45, 7) is 3.09. The molecule has 0 radical (unpaired) electrons. The van der Waals surface area contributed by atoms with Gasteiger partial charge in [0.15, 0.2) is 0 Å². The van der Waals surface area contributed by atoms with Crippen molar-refractivity contribution in [2.24, 2.45) is 0 Å². The Morgan fingerprint density at radius 2 is 1.70 bits per heavy atom.